The van der Waals surface area contributed by atoms with Crippen LogP contribution < -0.4 is 10.3 Å². The standard InChI is InChI=1S/C19H14ClN2O3S/c20-17-12-6-4-11-16(17)19(23)21-22-26(24,25)18-13-7-5-10-15(18)14-8-2-1-3-9-14/h1-13,22H. The Morgan fingerprint density at radius 2 is 1.46 bits per heavy atom. The van der Waals surface area contributed by atoms with Gasteiger partial charge in [-0.3, -0.25) is 4.79 Å². The van der Waals surface area contributed by atoms with Crippen molar-refractivity contribution in [2.45, 2.75) is 4.90 Å². The van der Waals surface area contributed by atoms with Crippen LogP contribution in [0.2, 0.25) is 5.02 Å². The molecule has 0 saturated carbocycles. The first-order chi connectivity index (χ1) is 12.5. The number of carbonyl (C=O) groups is 1. The molecule has 0 atom stereocenters. The third-order valence-electron chi connectivity index (χ3n) is 3.63. The van der Waals surface area contributed by atoms with Crippen molar-refractivity contribution in [3.63, 3.8) is 0 Å². The summed E-state index contributed by atoms with van der Waals surface area (Å²) in [5.41, 5.74) is 4.85. The molecule has 1 amide bonds. The van der Waals surface area contributed by atoms with Gasteiger partial charge >= 0.3 is 0 Å². The normalized spacial score (nSPS) is 11.1. The zero-order valence-corrected chi connectivity index (χ0v) is 15.0. The lowest BCUT2D eigenvalue weighted by molar-refractivity contribution is 0.0940. The van der Waals surface area contributed by atoms with Crippen LogP contribution >= 0.6 is 11.6 Å². The van der Waals surface area contributed by atoms with Crippen LogP contribution in [-0.2, 0) is 10.0 Å². The summed E-state index contributed by atoms with van der Waals surface area (Å²) in [5.74, 6) is -0.767. The van der Waals surface area contributed by atoms with Crippen LogP contribution in [0.25, 0.3) is 11.1 Å². The Bertz CT molecular complexity index is 1040. The van der Waals surface area contributed by atoms with Gasteiger partial charge in [0.25, 0.3) is 15.9 Å². The molecular weight excluding hydrogens is 372 g/mol. The largest absolute Gasteiger partial charge is 0.291 e. The van der Waals surface area contributed by atoms with Gasteiger partial charge in [-0.1, -0.05) is 77.1 Å². The van der Waals surface area contributed by atoms with E-state index < -0.39 is 15.9 Å². The average molecular weight is 386 g/mol. The lowest BCUT2D eigenvalue weighted by Crippen LogP contribution is -2.35. The molecule has 0 aromatic heterocycles. The van der Waals surface area contributed by atoms with Gasteiger partial charge in [-0.15, -0.1) is 5.43 Å². The topological polar surface area (TPSA) is 77.3 Å². The second kappa shape index (κ2) is 7.70. The van der Waals surface area contributed by atoms with Crippen LogP contribution in [0, 0.1) is 0 Å². The number of sulfonamides is 1. The molecule has 0 unspecified atom stereocenters. The van der Waals surface area contributed by atoms with Crippen LogP contribution in [0.4, 0.5) is 0 Å². The second-order valence-electron chi connectivity index (χ2n) is 5.35. The molecule has 26 heavy (non-hydrogen) atoms. The van der Waals surface area contributed by atoms with E-state index in [0.29, 0.717) is 5.56 Å². The number of carbonyl (C=O) groups excluding carboxylic acids is 1. The number of hydrogen-bond donors (Lipinski definition) is 1. The summed E-state index contributed by atoms with van der Waals surface area (Å²) < 4.78 is 25.3. The summed E-state index contributed by atoms with van der Waals surface area (Å²) in [6, 6.07) is 21.9. The van der Waals surface area contributed by atoms with E-state index in [4.69, 9.17) is 11.6 Å². The molecule has 0 aliphatic carbocycles. The Balaban J connectivity index is 1.86. The van der Waals surface area contributed by atoms with Crippen molar-refractivity contribution in [2.24, 2.45) is 0 Å². The number of nitrogens with one attached hydrogen (secondary N) is 1. The van der Waals surface area contributed by atoms with Gasteiger partial charge in [-0.05, 0) is 23.8 Å². The lowest BCUT2D eigenvalue weighted by atomic mass is 10.1. The van der Waals surface area contributed by atoms with Crippen LogP contribution in [0.15, 0.2) is 83.8 Å². The van der Waals surface area contributed by atoms with E-state index >= 15 is 0 Å². The lowest BCUT2D eigenvalue weighted by Gasteiger charge is -2.11. The van der Waals surface area contributed by atoms with Crippen LogP contribution in [-0.4, -0.2) is 14.3 Å². The first-order valence-electron chi connectivity index (χ1n) is 7.65. The van der Waals surface area contributed by atoms with E-state index in [1.807, 2.05) is 23.0 Å². The van der Waals surface area contributed by atoms with Crippen molar-refractivity contribution in [1.29, 1.82) is 0 Å². The van der Waals surface area contributed by atoms with Gasteiger partial charge in [-0.2, -0.15) is 0 Å². The summed E-state index contributed by atoms with van der Waals surface area (Å²) in [5, 5.41) is 0.199. The van der Waals surface area contributed by atoms with Gasteiger partial charge in [-0.25, -0.2) is 8.42 Å². The first kappa shape index (κ1) is 18.1. The van der Waals surface area contributed by atoms with Gasteiger partial charge in [0, 0.05) is 5.56 Å². The molecule has 1 N–H and O–H groups in total. The van der Waals surface area contributed by atoms with Crippen molar-refractivity contribution < 1.29 is 13.2 Å². The number of amides is 1. The van der Waals surface area contributed by atoms with E-state index in [-0.39, 0.29) is 15.5 Å². The van der Waals surface area contributed by atoms with Crippen molar-refractivity contribution in [3.05, 3.63) is 89.4 Å². The Hall–Kier alpha value is -2.67. The minimum Gasteiger partial charge on any atom is -0.266 e. The summed E-state index contributed by atoms with van der Waals surface area (Å²) in [6.45, 7) is 0. The fourth-order valence-corrected chi connectivity index (χ4v) is 3.65. The van der Waals surface area contributed by atoms with E-state index in [2.05, 4.69) is 5.43 Å². The van der Waals surface area contributed by atoms with Crippen LogP contribution in [0.5, 0.6) is 0 Å². The maximum Gasteiger partial charge on any atom is 0.291 e. The summed E-state index contributed by atoms with van der Waals surface area (Å²) in [4.78, 5) is 14.1. The first-order valence-corrected chi connectivity index (χ1v) is 9.51. The average Bonchev–Trinajstić information content (AvgIpc) is 2.67. The molecule has 0 aliphatic heterocycles. The molecule has 3 aromatic carbocycles. The molecule has 0 spiro atoms. The second-order valence-corrected chi connectivity index (χ2v) is 7.39. The highest BCUT2D eigenvalue weighted by molar-refractivity contribution is 7.89. The molecule has 3 rings (SSSR count). The van der Waals surface area contributed by atoms with E-state index in [1.54, 1.807) is 42.5 Å². The van der Waals surface area contributed by atoms with Crippen molar-refractivity contribution in [3.8, 4) is 11.1 Å². The third-order valence-corrected chi connectivity index (χ3v) is 5.23. The Kier molecular flexibility index (Phi) is 5.37. The number of rotatable bonds is 5. The zero-order valence-electron chi connectivity index (χ0n) is 13.5. The molecule has 131 valence electrons. The molecule has 3 aromatic rings. The Morgan fingerprint density at radius 3 is 2.19 bits per heavy atom. The van der Waals surface area contributed by atoms with Crippen LogP contribution in [0.1, 0.15) is 10.4 Å². The maximum absolute atomic E-state index is 12.7. The highest BCUT2D eigenvalue weighted by atomic mass is 35.5. The molecule has 0 heterocycles. The Labute approximate surface area is 156 Å². The van der Waals surface area contributed by atoms with Gasteiger partial charge in [0.05, 0.1) is 15.5 Å². The molecular formula is C19H14ClN2O3S. The number of halogens is 1. The number of nitrogens with zero attached hydrogens (tertiary/aromatic N) is 1. The van der Waals surface area contributed by atoms with Gasteiger partial charge in [0.2, 0.25) is 0 Å². The fraction of sp³-hybridized carbons (Fsp3) is 0. The SMILES string of the molecule is O=C([N]NS(=O)(=O)c1ccccc1-c1ccccc1)c1ccccc1Cl. The smallest absolute Gasteiger partial charge is 0.266 e. The summed E-state index contributed by atoms with van der Waals surface area (Å²) in [6.07, 6.45) is 0. The van der Waals surface area contributed by atoms with Gasteiger partial charge in [0.15, 0.2) is 0 Å². The zero-order chi connectivity index (χ0) is 18.6. The van der Waals surface area contributed by atoms with E-state index in [0.717, 1.165) is 5.56 Å². The van der Waals surface area contributed by atoms with E-state index in [9.17, 15) is 13.2 Å². The summed E-state index contributed by atoms with van der Waals surface area (Å²) in [7, 11) is -4.04. The molecule has 1 radical (unpaired) electrons. The molecule has 0 bridgehead atoms. The van der Waals surface area contributed by atoms with Gasteiger partial charge in [0.1, 0.15) is 0 Å². The molecule has 5 nitrogen and oxygen atoms in total. The van der Waals surface area contributed by atoms with Crippen LogP contribution in [0.3, 0.4) is 0 Å². The third kappa shape index (κ3) is 3.94. The molecule has 7 heteroatoms. The van der Waals surface area contributed by atoms with Crippen molar-refractivity contribution in [1.82, 2.24) is 10.3 Å². The van der Waals surface area contributed by atoms with E-state index in [1.165, 1.54) is 18.2 Å². The number of benzene rings is 3. The summed E-state index contributed by atoms with van der Waals surface area (Å²) >= 11 is 5.93. The number of hydrogen-bond acceptors (Lipinski definition) is 3. The Morgan fingerprint density at radius 1 is 0.846 bits per heavy atom. The van der Waals surface area contributed by atoms with Crippen molar-refractivity contribution in [2.75, 3.05) is 0 Å². The molecule has 0 saturated heterocycles. The monoisotopic (exact) mass is 385 g/mol. The molecule has 0 aliphatic rings. The molecule has 0 fully saturated rings. The minimum absolute atomic E-state index is 0.0295. The fourth-order valence-electron chi connectivity index (χ4n) is 2.40. The highest BCUT2D eigenvalue weighted by Crippen LogP contribution is 2.26. The van der Waals surface area contributed by atoms with Crippen molar-refractivity contribution >= 4 is 27.5 Å². The van der Waals surface area contributed by atoms with Gasteiger partial charge < -0.3 is 0 Å². The minimum atomic E-state index is -4.04. The highest BCUT2D eigenvalue weighted by Gasteiger charge is 2.21. The quantitative estimate of drug-likeness (QED) is 0.681. The predicted molar refractivity (Wildman–Crippen MR) is 100 cm³/mol. The maximum atomic E-state index is 12.7. The predicted octanol–water partition coefficient (Wildman–Crippen LogP) is 3.65.